The van der Waals surface area contributed by atoms with E-state index in [0.717, 1.165) is 6.07 Å². The summed E-state index contributed by atoms with van der Waals surface area (Å²) >= 11 is 4.29. The van der Waals surface area contributed by atoms with Crippen LogP contribution in [0.3, 0.4) is 0 Å². The average molecular weight is 304 g/mol. The Morgan fingerprint density at radius 1 is 1.38 bits per heavy atom. The molecular weight excluding hydrogens is 301 g/mol. The topological polar surface area (TPSA) is 68.9 Å². The van der Waals surface area contributed by atoms with Gasteiger partial charge in [-0.05, 0) is 22.0 Å². The van der Waals surface area contributed by atoms with E-state index in [1.807, 2.05) is 0 Å². The van der Waals surface area contributed by atoms with Crippen LogP contribution < -0.4 is 0 Å². The summed E-state index contributed by atoms with van der Waals surface area (Å²) < 4.78 is 13.7. The van der Waals surface area contributed by atoms with Gasteiger partial charge >= 0.3 is 0 Å². The van der Waals surface area contributed by atoms with Gasteiger partial charge in [0.2, 0.25) is 0 Å². The second-order valence-electron chi connectivity index (χ2n) is 2.82. The van der Waals surface area contributed by atoms with E-state index in [1.54, 1.807) is 0 Å². The molecule has 1 aromatic carbocycles. The maximum absolute atomic E-state index is 13.1. The predicted octanol–water partition coefficient (Wildman–Crippen LogP) is 3.01. The van der Waals surface area contributed by atoms with Gasteiger partial charge in [0, 0.05) is 11.6 Å². The Morgan fingerprint density at radius 3 is 2.69 bits per heavy atom. The molecule has 0 spiro atoms. The number of hydrogen-bond donors (Lipinski definition) is 0. The summed E-state index contributed by atoms with van der Waals surface area (Å²) in [5.41, 5.74) is 0.0382. The third-order valence-electron chi connectivity index (χ3n) is 1.74. The number of halogens is 2. The van der Waals surface area contributed by atoms with Crippen molar-refractivity contribution in [3.8, 4) is 10.6 Å². The zero-order valence-corrected chi connectivity index (χ0v) is 9.96. The van der Waals surface area contributed by atoms with E-state index in [9.17, 15) is 14.5 Å². The lowest BCUT2D eigenvalue weighted by Gasteiger charge is -1.96. The molecule has 0 N–H and O–H groups in total. The number of nitro benzene ring substituents is 1. The fourth-order valence-corrected chi connectivity index (χ4v) is 2.22. The maximum atomic E-state index is 13.1. The van der Waals surface area contributed by atoms with Crippen LogP contribution in [0.5, 0.6) is 0 Å². The number of benzene rings is 1. The Balaban J connectivity index is 2.53. The van der Waals surface area contributed by atoms with Gasteiger partial charge in [0.05, 0.1) is 11.0 Å². The highest BCUT2D eigenvalue weighted by molar-refractivity contribution is 9.11. The summed E-state index contributed by atoms with van der Waals surface area (Å²) in [5.74, 6) is -0.671. The van der Waals surface area contributed by atoms with E-state index in [1.165, 1.54) is 23.5 Å². The van der Waals surface area contributed by atoms with Crippen molar-refractivity contribution >= 4 is 33.0 Å². The minimum Gasteiger partial charge on any atom is -0.258 e. The molecule has 5 nitrogen and oxygen atoms in total. The van der Waals surface area contributed by atoms with Crippen LogP contribution in [0.4, 0.5) is 10.1 Å². The Labute approximate surface area is 101 Å². The third-order valence-corrected chi connectivity index (χ3v) is 3.15. The van der Waals surface area contributed by atoms with Gasteiger partial charge in [0.25, 0.3) is 5.69 Å². The zero-order valence-electron chi connectivity index (χ0n) is 7.55. The molecule has 0 fully saturated rings. The second kappa shape index (κ2) is 4.22. The van der Waals surface area contributed by atoms with Crippen molar-refractivity contribution in [1.29, 1.82) is 0 Å². The Bertz CT molecular complexity index is 560. The van der Waals surface area contributed by atoms with Crippen molar-refractivity contribution in [2.24, 2.45) is 0 Å². The molecule has 0 unspecified atom stereocenters. The highest BCUT2D eigenvalue weighted by atomic mass is 79.9. The first-order chi connectivity index (χ1) is 7.56. The van der Waals surface area contributed by atoms with E-state index in [4.69, 9.17) is 0 Å². The molecule has 0 saturated heterocycles. The molecular formula is C8H3BrFN3O2S. The van der Waals surface area contributed by atoms with Crippen molar-refractivity contribution in [2.45, 2.75) is 0 Å². The smallest absolute Gasteiger partial charge is 0.258 e. The van der Waals surface area contributed by atoms with Crippen molar-refractivity contribution in [3.05, 3.63) is 38.0 Å². The SMILES string of the molecule is O=[N+]([O-])c1cc(F)cc(-c2nnc(Br)s2)c1. The third kappa shape index (κ3) is 2.22. The molecule has 0 amide bonds. The van der Waals surface area contributed by atoms with Crippen LogP contribution in [0.15, 0.2) is 22.1 Å². The van der Waals surface area contributed by atoms with Crippen LogP contribution in [0.1, 0.15) is 0 Å². The summed E-state index contributed by atoms with van der Waals surface area (Å²) in [4.78, 5) is 9.89. The molecule has 16 heavy (non-hydrogen) atoms. The molecule has 0 bridgehead atoms. The Morgan fingerprint density at radius 2 is 2.12 bits per heavy atom. The van der Waals surface area contributed by atoms with Gasteiger partial charge in [0.15, 0.2) is 3.92 Å². The summed E-state index contributed by atoms with van der Waals surface area (Å²) in [6, 6.07) is 3.30. The molecule has 0 aliphatic heterocycles. The van der Waals surface area contributed by atoms with Gasteiger partial charge in [-0.1, -0.05) is 11.3 Å². The molecule has 1 heterocycles. The molecule has 1 aromatic heterocycles. The van der Waals surface area contributed by atoms with Gasteiger partial charge in [-0.3, -0.25) is 10.1 Å². The number of nitro groups is 1. The molecule has 2 aromatic rings. The van der Waals surface area contributed by atoms with Gasteiger partial charge in [-0.25, -0.2) is 4.39 Å². The predicted molar refractivity (Wildman–Crippen MR) is 59.7 cm³/mol. The standard InChI is InChI=1S/C8H3BrFN3O2S/c9-8-12-11-7(16-8)4-1-5(10)3-6(2-4)13(14)15/h1-3H. The molecule has 0 aliphatic carbocycles. The minimum atomic E-state index is -0.671. The molecule has 82 valence electrons. The minimum absolute atomic E-state index is 0.304. The number of hydrogen-bond acceptors (Lipinski definition) is 5. The monoisotopic (exact) mass is 303 g/mol. The first-order valence-electron chi connectivity index (χ1n) is 4.00. The van der Waals surface area contributed by atoms with Crippen LogP contribution >= 0.6 is 27.3 Å². The van der Waals surface area contributed by atoms with Crippen LogP contribution in [0.25, 0.3) is 10.6 Å². The van der Waals surface area contributed by atoms with E-state index >= 15 is 0 Å². The normalized spacial score (nSPS) is 10.4. The first-order valence-corrected chi connectivity index (χ1v) is 5.61. The lowest BCUT2D eigenvalue weighted by atomic mass is 10.2. The van der Waals surface area contributed by atoms with Gasteiger partial charge in [0.1, 0.15) is 10.8 Å². The highest BCUT2D eigenvalue weighted by Gasteiger charge is 2.13. The van der Waals surface area contributed by atoms with Crippen LogP contribution in [-0.4, -0.2) is 15.1 Å². The average Bonchev–Trinajstić information content (AvgIpc) is 2.64. The molecule has 0 atom stereocenters. The summed E-state index contributed by atoms with van der Waals surface area (Å²) in [6.45, 7) is 0. The maximum Gasteiger partial charge on any atom is 0.273 e. The molecule has 0 saturated carbocycles. The summed E-state index contributed by atoms with van der Waals surface area (Å²) in [5, 5.41) is 18.4. The van der Waals surface area contributed by atoms with Crippen molar-refractivity contribution in [2.75, 3.05) is 0 Å². The van der Waals surface area contributed by atoms with Crippen LogP contribution in [-0.2, 0) is 0 Å². The zero-order chi connectivity index (χ0) is 11.7. The number of rotatable bonds is 2. The molecule has 2 rings (SSSR count). The van der Waals surface area contributed by atoms with Gasteiger partial charge < -0.3 is 0 Å². The lowest BCUT2D eigenvalue weighted by Crippen LogP contribution is -1.90. The molecule has 0 radical (unpaired) electrons. The van der Waals surface area contributed by atoms with Crippen molar-refractivity contribution < 1.29 is 9.31 Å². The molecule has 0 aliphatic rings. The summed E-state index contributed by atoms with van der Waals surface area (Å²) in [7, 11) is 0. The highest BCUT2D eigenvalue weighted by Crippen LogP contribution is 2.29. The Hall–Kier alpha value is -1.41. The fourth-order valence-electron chi connectivity index (χ4n) is 1.13. The van der Waals surface area contributed by atoms with E-state index < -0.39 is 10.7 Å². The molecule has 8 heteroatoms. The number of non-ortho nitro benzene ring substituents is 1. The van der Waals surface area contributed by atoms with Gasteiger partial charge in [-0.15, -0.1) is 10.2 Å². The van der Waals surface area contributed by atoms with Crippen molar-refractivity contribution in [1.82, 2.24) is 10.2 Å². The van der Waals surface area contributed by atoms with E-state index in [-0.39, 0.29) is 5.69 Å². The first kappa shape index (κ1) is 11.1. The van der Waals surface area contributed by atoms with Gasteiger partial charge in [-0.2, -0.15) is 0 Å². The van der Waals surface area contributed by atoms with E-state index in [2.05, 4.69) is 26.1 Å². The largest absolute Gasteiger partial charge is 0.273 e. The number of aromatic nitrogens is 2. The Kier molecular flexibility index (Phi) is 2.92. The van der Waals surface area contributed by atoms with Crippen molar-refractivity contribution in [3.63, 3.8) is 0 Å². The summed E-state index contributed by atoms with van der Waals surface area (Å²) in [6.07, 6.45) is 0. The fraction of sp³-hybridized carbons (Fsp3) is 0. The second-order valence-corrected chi connectivity index (χ2v) is 5.07. The lowest BCUT2D eigenvalue weighted by molar-refractivity contribution is -0.385. The van der Waals surface area contributed by atoms with Crippen LogP contribution in [0, 0.1) is 15.9 Å². The quantitative estimate of drug-likeness (QED) is 0.631. The number of nitrogens with zero attached hydrogens (tertiary/aromatic N) is 3. The van der Waals surface area contributed by atoms with E-state index in [0.29, 0.717) is 14.5 Å². The van der Waals surface area contributed by atoms with Crippen LogP contribution in [0.2, 0.25) is 0 Å².